The van der Waals surface area contributed by atoms with Gasteiger partial charge in [-0.2, -0.15) is 5.10 Å². The van der Waals surface area contributed by atoms with Crippen LogP contribution in [0.4, 0.5) is 4.79 Å². The Morgan fingerprint density at radius 3 is 2.70 bits per heavy atom. The van der Waals surface area contributed by atoms with Crippen LogP contribution < -0.4 is 0 Å². The summed E-state index contributed by atoms with van der Waals surface area (Å²) in [6.07, 6.45) is 2.06. The van der Waals surface area contributed by atoms with Crippen LogP contribution in [-0.4, -0.2) is 50.2 Å². The molecule has 23 heavy (non-hydrogen) atoms. The third-order valence-electron chi connectivity index (χ3n) is 3.76. The van der Waals surface area contributed by atoms with Crippen LogP contribution in [-0.2, 0) is 16.0 Å². The van der Waals surface area contributed by atoms with Gasteiger partial charge in [-0.1, -0.05) is 0 Å². The highest BCUT2D eigenvalue weighted by atomic mass is 16.6. The molecule has 0 radical (unpaired) electrons. The monoisotopic (exact) mass is 322 g/mol. The number of hydrogen-bond donors (Lipinski definition) is 0. The standard InChI is InChI=1S/C16H26N4O3/c1-11(2)20-14(17-10-18-20)8-13(21)12-6-7-19(9-12)15(22)23-16(3,4)5/h10-12H,6-9H2,1-5H3. The SMILES string of the molecule is CC(C)n1ncnc1CC(=O)C1CCN(C(=O)OC(C)(C)C)C1. The van der Waals surface area contributed by atoms with Gasteiger partial charge in [-0.25, -0.2) is 14.5 Å². The molecule has 2 rings (SSSR count). The minimum absolute atomic E-state index is 0.103. The van der Waals surface area contributed by atoms with Gasteiger partial charge in [0.15, 0.2) is 0 Å². The van der Waals surface area contributed by atoms with Crippen molar-refractivity contribution in [3.8, 4) is 0 Å². The van der Waals surface area contributed by atoms with Crippen LogP contribution in [0.5, 0.6) is 0 Å². The van der Waals surface area contributed by atoms with Gasteiger partial charge in [0, 0.05) is 25.0 Å². The Morgan fingerprint density at radius 1 is 1.39 bits per heavy atom. The molecular formula is C16H26N4O3. The first-order chi connectivity index (χ1) is 10.7. The molecule has 1 aliphatic heterocycles. The molecular weight excluding hydrogens is 296 g/mol. The van der Waals surface area contributed by atoms with E-state index >= 15 is 0 Å². The lowest BCUT2D eigenvalue weighted by atomic mass is 10.0. The second-order valence-electron chi connectivity index (χ2n) is 7.27. The molecule has 0 bridgehead atoms. The van der Waals surface area contributed by atoms with Gasteiger partial charge in [0.2, 0.25) is 0 Å². The summed E-state index contributed by atoms with van der Waals surface area (Å²) < 4.78 is 7.12. The van der Waals surface area contributed by atoms with E-state index in [-0.39, 0.29) is 30.3 Å². The summed E-state index contributed by atoms with van der Waals surface area (Å²) in [4.78, 5) is 30.3. The molecule has 0 spiro atoms. The van der Waals surface area contributed by atoms with Crippen LogP contribution >= 0.6 is 0 Å². The number of hydrogen-bond acceptors (Lipinski definition) is 5. The third-order valence-corrected chi connectivity index (χ3v) is 3.76. The number of ketones is 1. The average Bonchev–Trinajstić information content (AvgIpc) is 3.04. The van der Waals surface area contributed by atoms with E-state index in [9.17, 15) is 9.59 Å². The highest BCUT2D eigenvalue weighted by Gasteiger charge is 2.33. The largest absolute Gasteiger partial charge is 0.444 e. The summed E-state index contributed by atoms with van der Waals surface area (Å²) in [6, 6.07) is 0.169. The lowest BCUT2D eigenvalue weighted by Crippen LogP contribution is -2.36. The maximum Gasteiger partial charge on any atom is 0.410 e. The quantitative estimate of drug-likeness (QED) is 0.849. The molecule has 0 aliphatic carbocycles. The van der Waals surface area contributed by atoms with E-state index in [1.807, 2.05) is 34.6 Å². The van der Waals surface area contributed by atoms with Crippen molar-refractivity contribution in [2.24, 2.45) is 5.92 Å². The van der Waals surface area contributed by atoms with E-state index in [1.54, 1.807) is 9.58 Å². The molecule has 128 valence electrons. The van der Waals surface area contributed by atoms with Crippen molar-refractivity contribution in [2.45, 2.75) is 59.1 Å². The predicted octanol–water partition coefficient (Wildman–Crippen LogP) is 2.23. The fraction of sp³-hybridized carbons (Fsp3) is 0.750. The highest BCUT2D eigenvalue weighted by Crippen LogP contribution is 2.21. The Hall–Kier alpha value is -1.92. The van der Waals surface area contributed by atoms with Gasteiger partial charge >= 0.3 is 6.09 Å². The number of Topliss-reactive ketones (excluding diaryl/α,β-unsaturated/α-hetero) is 1. The Kier molecular flexibility index (Phi) is 5.06. The number of aromatic nitrogens is 3. The zero-order chi connectivity index (χ0) is 17.2. The molecule has 1 atom stereocenters. The maximum atomic E-state index is 12.5. The van der Waals surface area contributed by atoms with Gasteiger partial charge in [0.25, 0.3) is 0 Å². The highest BCUT2D eigenvalue weighted by molar-refractivity contribution is 5.84. The Balaban J connectivity index is 1.92. The maximum absolute atomic E-state index is 12.5. The van der Waals surface area contributed by atoms with Gasteiger partial charge in [-0.3, -0.25) is 4.79 Å². The minimum Gasteiger partial charge on any atom is -0.444 e. The molecule has 2 heterocycles. The van der Waals surface area contributed by atoms with Crippen LogP contribution in [0.1, 0.15) is 52.9 Å². The van der Waals surface area contributed by atoms with Crippen LogP contribution in [0.15, 0.2) is 6.33 Å². The van der Waals surface area contributed by atoms with Gasteiger partial charge < -0.3 is 9.64 Å². The summed E-state index contributed by atoms with van der Waals surface area (Å²) >= 11 is 0. The molecule has 7 nitrogen and oxygen atoms in total. The summed E-state index contributed by atoms with van der Waals surface area (Å²) in [5.74, 6) is 0.631. The zero-order valence-electron chi connectivity index (χ0n) is 14.6. The van der Waals surface area contributed by atoms with Crippen molar-refractivity contribution in [3.63, 3.8) is 0 Å². The third kappa shape index (κ3) is 4.53. The first-order valence-electron chi connectivity index (χ1n) is 8.06. The van der Waals surface area contributed by atoms with Crippen LogP contribution in [0, 0.1) is 5.92 Å². The first-order valence-corrected chi connectivity index (χ1v) is 8.06. The van der Waals surface area contributed by atoms with Crippen LogP contribution in [0.3, 0.4) is 0 Å². The van der Waals surface area contributed by atoms with E-state index < -0.39 is 5.60 Å². The summed E-state index contributed by atoms with van der Waals surface area (Å²) in [5, 5.41) is 4.15. The molecule has 1 aliphatic rings. The van der Waals surface area contributed by atoms with Crippen LogP contribution in [0.2, 0.25) is 0 Å². The van der Waals surface area contributed by atoms with Gasteiger partial charge in [0.05, 0.1) is 6.42 Å². The van der Waals surface area contributed by atoms with E-state index in [0.29, 0.717) is 25.3 Å². The van der Waals surface area contributed by atoms with Crippen molar-refractivity contribution in [3.05, 3.63) is 12.2 Å². The Bertz CT molecular complexity index is 574. The molecule has 1 aromatic rings. The predicted molar refractivity (Wildman–Crippen MR) is 85.0 cm³/mol. The topological polar surface area (TPSA) is 77.3 Å². The molecule has 7 heteroatoms. The van der Waals surface area contributed by atoms with Gasteiger partial charge in [0.1, 0.15) is 23.5 Å². The summed E-state index contributed by atoms with van der Waals surface area (Å²) in [6.45, 7) is 10.5. The smallest absolute Gasteiger partial charge is 0.410 e. The van der Waals surface area contributed by atoms with Crippen molar-refractivity contribution < 1.29 is 14.3 Å². The van der Waals surface area contributed by atoms with E-state index in [4.69, 9.17) is 4.74 Å². The molecule has 0 aromatic carbocycles. The molecule has 1 saturated heterocycles. The van der Waals surface area contributed by atoms with Crippen molar-refractivity contribution in [2.75, 3.05) is 13.1 Å². The summed E-state index contributed by atoms with van der Waals surface area (Å²) in [5.41, 5.74) is -0.521. The second kappa shape index (κ2) is 6.68. The molecule has 1 amide bonds. The second-order valence-corrected chi connectivity index (χ2v) is 7.27. The number of amides is 1. The number of carbonyl (C=O) groups is 2. The van der Waals surface area contributed by atoms with Crippen LogP contribution in [0.25, 0.3) is 0 Å². The lowest BCUT2D eigenvalue weighted by Gasteiger charge is -2.24. The van der Waals surface area contributed by atoms with E-state index in [2.05, 4.69) is 10.1 Å². The number of rotatable bonds is 4. The fourth-order valence-electron chi connectivity index (χ4n) is 2.65. The average molecular weight is 322 g/mol. The van der Waals surface area contributed by atoms with Crippen molar-refractivity contribution in [1.29, 1.82) is 0 Å². The number of nitrogens with zero attached hydrogens (tertiary/aromatic N) is 4. The molecule has 0 N–H and O–H groups in total. The number of carbonyl (C=O) groups excluding carboxylic acids is 2. The first kappa shape index (κ1) is 17.4. The normalized spacial score (nSPS) is 18.5. The van der Waals surface area contributed by atoms with Gasteiger partial charge in [-0.15, -0.1) is 0 Å². The van der Waals surface area contributed by atoms with Crippen molar-refractivity contribution in [1.82, 2.24) is 19.7 Å². The van der Waals surface area contributed by atoms with Crippen molar-refractivity contribution >= 4 is 11.9 Å². The Morgan fingerprint density at radius 2 is 2.09 bits per heavy atom. The van der Waals surface area contributed by atoms with Gasteiger partial charge in [-0.05, 0) is 41.0 Å². The summed E-state index contributed by atoms with van der Waals surface area (Å²) in [7, 11) is 0. The number of likely N-dealkylation sites (tertiary alicyclic amines) is 1. The molecule has 0 saturated carbocycles. The lowest BCUT2D eigenvalue weighted by molar-refractivity contribution is -0.121. The number of ether oxygens (including phenoxy) is 1. The van der Waals surface area contributed by atoms with E-state index in [1.165, 1.54) is 6.33 Å². The molecule has 1 aromatic heterocycles. The molecule has 1 unspecified atom stereocenters. The van der Waals surface area contributed by atoms with E-state index in [0.717, 1.165) is 0 Å². The zero-order valence-corrected chi connectivity index (χ0v) is 14.6. The fourth-order valence-corrected chi connectivity index (χ4v) is 2.65. The Labute approximate surface area is 137 Å². The minimum atomic E-state index is -0.521. The molecule has 1 fully saturated rings.